The number of halogens is 1. The van der Waals surface area contributed by atoms with Crippen LogP contribution in [-0.2, 0) is 6.54 Å². The maximum absolute atomic E-state index is 11.9. The van der Waals surface area contributed by atoms with Crippen molar-refractivity contribution in [1.82, 2.24) is 9.55 Å². The molecular formula is C11H18ClN3O. The fraction of sp³-hybridized carbons (Fsp3) is 0.636. The summed E-state index contributed by atoms with van der Waals surface area (Å²) >= 11 is 5.84. The van der Waals surface area contributed by atoms with E-state index in [2.05, 4.69) is 24.1 Å². The zero-order chi connectivity index (χ0) is 12.1. The minimum atomic E-state index is -0.0965. The normalized spacial score (nSPS) is 12.8. The van der Waals surface area contributed by atoms with Crippen molar-refractivity contribution in [2.75, 3.05) is 11.2 Å². The number of alkyl halides is 1. The molecule has 0 amide bonds. The number of aromatic nitrogens is 2. The topological polar surface area (TPSA) is 46.9 Å². The third-order valence-electron chi connectivity index (χ3n) is 2.55. The van der Waals surface area contributed by atoms with Gasteiger partial charge in [-0.2, -0.15) is 0 Å². The minimum absolute atomic E-state index is 0.0644. The van der Waals surface area contributed by atoms with Crippen LogP contribution in [0.1, 0.15) is 20.8 Å². The highest BCUT2D eigenvalue weighted by molar-refractivity contribution is 6.18. The van der Waals surface area contributed by atoms with Gasteiger partial charge in [0.25, 0.3) is 5.56 Å². The maximum Gasteiger partial charge on any atom is 0.293 e. The standard InChI is InChI=1S/C11H18ClN3O/c1-4-15-6-5-13-10(11(15)16)14-9(7-12)8(2)3/h5-6,8-9H,4,7H2,1-3H3,(H,13,14). The fourth-order valence-electron chi connectivity index (χ4n) is 1.35. The molecule has 0 fully saturated rings. The van der Waals surface area contributed by atoms with E-state index < -0.39 is 0 Å². The van der Waals surface area contributed by atoms with E-state index in [1.165, 1.54) is 0 Å². The lowest BCUT2D eigenvalue weighted by atomic mass is 10.1. The Morgan fingerprint density at radius 2 is 2.25 bits per heavy atom. The Morgan fingerprint density at radius 1 is 1.56 bits per heavy atom. The van der Waals surface area contributed by atoms with Crippen LogP contribution in [0.25, 0.3) is 0 Å². The molecule has 0 saturated carbocycles. The lowest BCUT2D eigenvalue weighted by molar-refractivity contribution is 0.560. The summed E-state index contributed by atoms with van der Waals surface area (Å²) in [6, 6.07) is 0.0644. The van der Waals surface area contributed by atoms with Gasteiger partial charge in [-0.3, -0.25) is 4.79 Å². The van der Waals surface area contributed by atoms with Gasteiger partial charge in [0.05, 0.1) is 0 Å². The van der Waals surface area contributed by atoms with Gasteiger partial charge in [0.1, 0.15) is 0 Å². The van der Waals surface area contributed by atoms with Crippen molar-refractivity contribution in [2.24, 2.45) is 5.92 Å². The van der Waals surface area contributed by atoms with Crippen molar-refractivity contribution < 1.29 is 0 Å². The first-order chi connectivity index (χ1) is 7.60. The molecule has 0 saturated heterocycles. The second-order valence-corrected chi connectivity index (χ2v) is 4.32. The Balaban J connectivity index is 2.93. The maximum atomic E-state index is 11.9. The molecule has 1 unspecified atom stereocenters. The Kier molecular flexibility index (Phi) is 4.80. The van der Waals surface area contributed by atoms with Crippen LogP contribution in [-0.4, -0.2) is 21.5 Å². The Morgan fingerprint density at radius 3 is 2.75 bits per heavy atom. The van der Waals surface area contributed by atoms with Crippen LogP contribution in [0.15, 0.2) is 17.2 Å². The van der Waals surface area contributed by atoms with Crippen LogP contribution in [0, 0.1) is 5.92 Å². The van der Waals surface area contributed by atoms with E-state index in [-0.39, 0.29) is 11.6 Å². The first-order valence-electron chi connectivity index (χ1n) is 5.48. The average Bonchev–Trinajstić information content (AvgIpc) is 2.27. The van der Waals surface area contributed by atoms with Crippen LogP contribution < -0.4 is 10.9 Å². The van der Waals surface area contributed by atoms with Crippen molar-refractivity contribution in [3.05, 3.63) is 22.7 Å². The highest BCUT2D eigenvalue weighted by Gasteiger charge is 2.14. The van der Waals surface area contributed by atoms with E-state index >= 15 is 0 Å². The second-order valence-electron chi connectivity index (χ2n) is 4.02. The van der Waals surface area contributed by atoms with Gasteiger partial charge in [0.15, 0.2) is 5.82 Å². The van der Waals surface area contributed by atoms with Gasteiger partial charge in [-0.05, 0) is 12.8 Å². The number of anilines is 1. The van der Waals surface area contributed by atoms with Gasteiger partial charge in [0, 0.05) is 30.9 Å². The summed E-state index contributed by atoms with van der Waals surface area (Å²) in [6.45, 7) is 6.68. The molecule has 0 radical (unpaired) electrons. The molecule has 1 aromatic heterocycles. The Bertz CT molecular complexity index is 389. The van der Waals surface area contributed by atoms with Gasteiger partial charge >= 0.3 is 0 Å². The molecule has 1 aromatic rings. The lowest BCUT2D eigenvalue weighted by Crippen LogP contribution is -2.33. The molecule has 5 heteroatoms. The molecule has 1 rings (SSSR count). The van der Waals surface area contributed by atoms with Crippen LogP contribution >= 0.6 is 11.6 Å². The molecule has 1 heterocycles. The van der Waals surface area contributed by atoms with Crippen LogP contribution in [0.4, 0.5) is 5.82 Å². The van der Waals surface area contributed by atoms with Crippen molar-refractivity contribution in [1.29, 1.82) is 0 Å². The summed E-state index contributed by atoms with van der Waals surface area (Å²) in [4.78, 5) is 15.9. The monoisotopic (exact) mass is 243 g/mol. The van der Waals surface area contributed by atoms with Crippen molar-refractivity contribution in [3.8, 4) is 0 Å². The zero-order valence-corrected chi connectivity index (χ0v) is 10.7. The number of hydrogen-bond donors (Lipinski definition) is 1. The summed E-state index contributed by atoms with van der Waals surface area (Å²) in [7, 11) is 0. The molecule has 1 N–H and O–H groups in total. The average molecular weight is 244 g/mol. The molecule has 1 atom stereocenters. The number of nitrogens with zero attached hydrogens (tertiary/aromatic N) is 2. The molecule has 16 heavy (non-hydrogen) atoms. The van der Waals surface area contributed by atoms with E-state index in [0.717, 1.165) is 0 Å². The predicted octanol–water partition coefficient (Wildman–Crippen LogP) is 1.94. The quantitative estimate of drug-likeness (QED) is 0.804. The summed E-state index contributed by atoms with van der Waals surface area (Å²) in [5, 5.41) is 3.09. The van der Waals surface area contributed by atoms with E-state index in [4.69, 9.17) is 11.6 Å². The summed E-state index contributed by atoms with van der Waals surface area (Å²) in [6.07, 6.45) is 3.30. The third-order valence-corrected chi connectivity index (χ3v) is 2.88. The fourth-order valence-corrected chi connectivity index (χ4v) is 1.79. The highest BCUT2D eigenvalue weighted by Crippen LogP contribution is 2.08. The summed E-state index contributed by atoms with van der Waals surface area (Å²) < 4.78 is 1.61. The molecule has 0 aliphatic heterocycles. The van der Waals surface area contributed by atoms with Gasteiger partial charge in [0.2, 0.25) is 0 Å². The largest absolute Gasteiger partial charge is 0.361 e. The van der Waals surface area contributed by atoms with Gasteiger partial charge in [-0.25, -0.2) is 4.98 Å². The minimum Gasteiger partial charge on any atom is -0.361 e. The predicted molar refractivity (Wildman–Crippen MR) is 67.1 cm³/mol. The smallest absolute Gasteiger partial charge is 0.293 e. The molecule has 0 bridgehead atoms. The molecule has 0 aliphatic rings. The summed E-state index contributed by atoms with van der Waals surface area (Å²) in [5.74, 6) is 1.19. The van der Waals surface area contributed by atoms with Crippen molar-refractivity contribution >= 4 is 17.4 Å². The SMILES string of the molecule is CCn1ccnc(NC(CCl)C(C)C)c1=O. The number of aryl methyl sites for hydroxylation is 1. The summed E-state index contributed by atoms with van der Waals surface area (Å²) in [5.41, 5.74) is -0.0965. The highest BCUT2D eigenvalue weighted by atomic mass is 35.5. The molecule has 4 nitrogen and oxygen atoms in total. The molecule has 0 aromatic carbocycles. The first-order valence-corrected chi connectivity index (χ1v) is 6.01. The zero-order valence-electron chi connectivity index (χ0n) is 9.90. The number of nitrogens with one attached hydrogen (secondary N) is 1. The molecular weight excluding hydrogens is 226 g/mol. The van der Waals surface area contributed by atoms with Crippen LogP contribution in [0.5, 0.6) is 0 Å². The lowest BCUT2D eigenvalue weighted by Gasteiger charge is -2.20. The van der Waals surface area contributed by atoms with E-state index in [1.807, 2.05) is 6.92 Å². The van der Waals surface area contributed by atoms with Crippen molar-refractivity contribution in [3.63, 3.8) is 0 Å². The molecule has 90 valence electrons. The van der Waals surface area contributed by atoms with Gasteiger partial charge < -0.3 is 9.88 Å². The third kappa shape index (κ3) is 2.98. The molecule has 0 spiro atoms. The van der Waals surface area contributed by atoms with Gasteiger partial charge in [-0.15, -0.1) is 11.6 Å². The number of rotatable bonds is 5. The first kappa shape index (κ1) is 13.0. The van der Waals surface area contributed by atoms with E-state index in [0.29, 0.717) is 24.2 Å². The number of hydrogen-bond acceptors (Lipinski definition) is 3. The van der Waals surface area contributed by atoms with E-state index in [9.17, 15) is 4.79 Å². The van der Waals surface area contributed by atoms with Crippen LogP contribution in [0.3, 0.4) is 0 Å². The van der Waals surface area contributed by atoms with Crippen LogP contribution in [0.2, 0.25) is 0 Å². The molecule has 0 aliphatic carbocycles. The van der Waals surface area contributed by atoms with Gasteiger partial charge in [-0.1, -0.05) is 13.8 Å². The Hall–Kier alpha value is -1.03. The van der Waals surface area contributed by atoms with Crippen molar-refractivity contribution in [2.45, 2.75) is 33.4 Å². The van der Waals surface area contributed by atoms with E-state index in [1.54, 1.807) is 17.0 Å². The Labute approximate surface area is 101 Å². The second kappa shape index (κ2) is 5.89.